The molecular formula is C31H58N12O8. The minimum Gasteiger partial charge on any atom is -0.394 e. The number of nitrogens with one attached hydrogen (secondary N) is 5. The number of guanidine groups is 1. The Morgan fingerprint density at radius 3 is 1.90 bits per heavy atom. The molecule has 1 rings (SSSR count). The van der Waals surface area contributed by atoms with Gasteiger partial charge in [-0.25, -0.2) is 0 Å². The first-order valence-electron chi connectivity index (χ1n) is 17.2. The van der Waals surface area contributed by atoms with Gasteiger partial charge in [-0.1, -0.05) is 0 Å². The molecule has 0 spiro atoms. The molecule has 51 heavy (non-hydrogen) atoms. The highest BCUT2D eigenvalue weighted by Crippen LogP contribution is 2.19. The molecule has 0 aromatic rings. The largest absolute Gasteiger partial charge is 0.394 e. The number of rotatable bonds is 23. The lowest BCUT2D eigenvalue weighted by Gasteiger charge is -2.28. The number of nitrogens with zero attached hydrogens (tertiary/aromatic N) is 2. The first-order chi connectivity index (χ1) is 24.0. The second-order valence-electron chi connectivity index (χ2n) is 12.7. The van der Waals surface area contributed by atoms with Crippen LogP contribution in [0.25, 0.3) is 0 Å². The molecule has 0 unspecified atom stereocenters. The zero-order valence-corrected chi connectivity index (χ0v) is 29.8. The Morgan fingerprint density at radius 1 is 0.784 bits per heavy atom. The van der Waals surface area contributed by atoms with Crippen LogP contribution in [0.4, 0.5) is 0 Å². The van der Waals surface area contributed by atoms with Crippen LogP contribution in [0, 0.1) is 0 Å². The number of aliphatic imine (C=N–C) groups is 1. The SMILES string of the molecule is C[C@H](N)C(=O)N1CCC[C@H]1C(=O)N[C@@H](CCCN=C(N)N)C(=O)N[C@@H](CCCCN)C(=O)N[C@@H](CCC(N)=O)C(=O)N[C@@H](C)C(=O)N[C@@H](C)CO. The lowest BCUT2D eigenvalue weighted by Crippen LogP contribution is -2.59. The van der Waals surface area contributed by atoms with Crippen molar-refractivity contribution >= 4 is 47.3 Å². The van der Waals surface area contributed by atoms with Crippen LogP contribution in [-0.4, -0.2) is 126 Å². The van der Waals surface area contributed by atoms with Gasteiger partial charge in [0.15, 0.2) is 5.96 Å². The van der Waals surface area contributed by atoms with Crippen LogP contribution in [0.15, 0.2) is 4.99 Å². The summed E-state index contributed by atoms with van der Waals surface area (Å²) < 4.78 is 0. The second kappa shape index (κ2) is 23.0. The Kier molecular flexibility index (Phi) is 20.1. The number of hydrogen-bond donors (Lipinski definition) is 11. The van der Waals surface area contributed by atoms with E-state index in [-0.39, 0.29) is 51.2 Å². The number of primary amides is 1. The molecule has 0 aliphatic carbocycles. The quantitative estimate of drug-likeness (QED) is 0.0269. The van der Waals surface area contributed by atoms with E-state index in [2.05, 4.69) is 31.6 Å². The summed E-state index contributed by atoms with van der Waals surface area (Å²) in [5.74, 6) is -4.73. The molecule has 1 aliphatic heterocycles. The minimum atomic E-state index is -1.32. The van der Waals surface area contributed by atoms with E-state index < -0.39 is 83.6 Å². The Bertz CT molecular complexity index is 1230. The van der Waals surface area contributed by atoms with Gasteiger partial charge in [-0.3, -0.25) is 38.6 Å². The molecule has 0 radical (unpaired) electrons. The molecule has 0 bridgehead atoms. The summed E-state index contributed by atoms with van der Waals surface area (Å²) in [5.41, 5.74) is 27.6. The fourth-order valence-corrected chi connectivity index (χ4v) is 5.26. The van der Waals surface area contributed by atoms with Crippen molar-refractivity contribution in [2.75, 3.05) is 26.2 Å². The lowest BCUT2D eigenvalue weighted by atomic mass is 10.0. The first-order valence-corrected chi connectivity index (χ1v) is 17.2. The molecule has 20 nitrogen and oxygen atoms in total. The van der Waals surface area contributed by atoms with E-state index >= 15 is 0 Å². The molecule has 0 aromatic carbocycles. The van der Waals surface area contributed by atoms with E-state index in [1.165, 1.54) is 18.7 Å². The van der Waals surface area contributed by atoms with Crippen molar-refractivity contribution in [2.24, 2.45) is 33.7 Å². The zero-order chi connectivity index (χ0) is 38.7. The summed E-state index contributed by atoms with van der Waals surface area (Å²) in [5, 5.41) is 22.1. The van der Waals surface area contributed by atoms with Gasteiger partial charge in [0.25, 0.3) is 0 Å². The van der Waals surface area contributed by atoms with E-state index in [9.17, 15) is 38.7 Å². The van der Waals surface area contributed by atoms with Crippen molar-refractivity contribution in [3.05, 3.63) is 0 Å². The van der Waals surface area contributed by atoms with Gasteiger partial charge in [-0.15, -0.1) is 0 Å². The smallest absolute Gasteiger partial charge is 0.243 e. The topological polar surface area (TPSA) is 346 Å². The molecule has 7 atom stereocenters. The maximum Gasteiger partial charge on any atom is 0.243 e. The zero-order valence-electron chi connectivity index (χ0n) is 29.8. The number of likely N-dealkylation sites (tertiary alicyclic amines) is 1. The monoisotopic (exact) mass is 726 g/mol. The average Bonchev–Trinajstić information content (AvgIpc) is 3.56. The van der Waals surface area contributed by atoms with Crippen molar-refractivity contribution in [3.8, 4) is 0 Å². The molecule has 0 aromatic heterocycles. The average molecular weight is 727 g/mol. The fourth-order valence-electron chi connectivity index (χ4n) is 5.26. The van der Waals surface area contributed by atoms with Crippen molar-refractivity contribution in [2.45, 2.75) is 121 Å². The molecule has 16 N–H and O–H groups in total. The summed E-state index contributed by atoms with van der Waals surface area (Å²) >= 11 is 0. The highest BCUT2D eigenvalue weighted by molar-refractivity contribution is 5.97. The Labute approximate surface area is 298 Å². The van der Waals surface area contributed by atoms with Crippen LogP contribution in [-0.2, 0) is 33.6 Å². The number of nitrogens with two attached hydrogens (primary N) is 5. The number of aliphatic hydroxyl groups excluding tert-OH is 1. The van der Waals surface area contributed by atoms with Gasteiger partial charge < -0.3 is 65.3 Å². The first kappa shape index (κ1) is 44.5. The number of carbonyl (C=O) groups is 7. The van der Waals surface area contributed by atoms with Crippen molar-refractivity contribution < 1.29 is 38.7 Å². The summed E-state index contributed by atoms with van der Waals surface area (Å²) in [6, 6.07) is -7.01. The molecule has 290 valence electrons. The highest BCUT2D eigenvalue weighted by atomic mass is 16.3. The maximum absolute atomic E-state index is 13.7. The summed E-state index contributed by atoms with van der Waals surface area (Å²) in [4.78, 5) is 96.0. The standard InChI is InChI=1S/C31H58N12O8/c1-17(16-44)38-25(46)19(3)39-26(47)22(11-12-24(34)45)41-27(48)20(8-4-5-13-32)40-28(49)21(9-6-14-37-31(35)36)42-29(50)23-10-7-15-43(23)30(51)18(2)33/h17-23,44H,4-16,32-33H2,1-3H3,(H2,34,45)(H,38,46)(H,39,47)(H,40,49)(H,41,48)(H,42,50)(H4,35,36,37)/t17-,18-,19-,20-,21-,22-,23-/m0/s1. The van der Waals surface area contributed by atoms with Crippen LogP contribution in [0.1, 0.15) is 78.6 Å². The van der Waals surface area contributed by atoms with Gasteiger partial charge in [0.1, 0.15) is 30.2 Å². The van der Waals surface area contributed by atoms with Gasteiger partial charge in [0, 0.05) is 25.6 Å². The number of unbranched alkanes of at least 4 members (excludes halogenated alkanes) is 1. The summed E-state index contributed by atoms with van der Waals surface area (Å²) in [6.45, 7) is 4.94. The Balaban J connectivity index is 3.24. The number of aliphatic hydroxyl groups is 1. The van der Waals surface area contributed by atoms with Gasteiger partial charge in [-0.05, 0) is 78.7 Å². The molecule has 1 saturated heterocycles. The van der Waals surface area contributed by atoms with Gasteiger partial charge in [0.05, 0.1) is 12.6 Å². The van der Waals surface area contributed by atoms with Crippen LogP contribution in [0.2, 0.25) is 0 Å². The van der Waals surface area contributed by atoms with Gasteiger partial charge >= 0.3 is 0 Å². The van der Waals surface area contributed by atoms with Crippen molar-refractivity contribution in [1.29, 1.82) is 0 Å². The summed E-state index contributed by atoms with van der Waals surface area (Å²) in [7, 11) is 0. The highest BCUT2D eigenvalue weighted by Gasteiger charge is 2.37. The van der Waals surface area contributed by atoms with Crippen molar-refractivity contribution in [1.82, 2.24) is 31.5 Å². The van der Waals surface area contributed by atoms with E-state index in [0.717, 1.165) is 0 Å². The third-order valence-electron chi connectivity index (χ3n) is 8.11. The van der Waals surface area contributed by atoms with Crippen LogP contribution < -0.4 is 55.3 Å². The lowest BCUT2D eigenvalue weighted by molar-refractivity contribution is -0.140. The van der Waals surface area contributed by atoms with Crippen LogP contribution in [0.5, 0.6) is 0 Å². The normalized spacial score (nSPS) is 17.5. The van der Waals surface area contributed by atoms with Gasteiger partial charge in [-0.2, -0.15) is 0 Å². The molecule has 1 aliphatic rings. The minimum absolute atomic E-state index is 0.0674. The van der Waals surface area contributed by atoms with E-state index in [4.69, 9.17) is 28.7 Å². The maximum atomic E-state index is 13.7. The molecule has 7 amide bonds. The fraction of sp³-hybridized carbons (Fsp3) is 0.742. The number of hydrogen-bond acceptors (Lipinski definition) is 11. The Hall–Kier alpha value is -4.56. The second-order valence-corrected chi connectivity index (χ2v) is 12.7. The Morgan fingerprint density at radius 2 is 1.35 bits per heavy atom. The van der Waals surface area contributed by atoms with Crippen LogP contribution >= 0.6 is 0 Å². The van der Waals surface area contributed by atoms with Crippen LogP contribution in [0.3, 0.4) is 0 Å². The summed E-state index contributed by atoms with van der Waals surface area (Å²) in [6.07, 6.45) is 1.80. The molecule has 1 fully saturated rings. The third kappa shape index (κ3) is 16.3. The predicted molar refractivity (Wildman–Crippen MR) is 188 cm³/mol. The van der Waals surface area contributed by atoms with Crippen molar-refractivity contribution in [3.63, 3.8) is 0 Å². The van der Waals surface area contributed by atoms with Gasteiger partial charge in [0.2, 0.25) is 41.4 Å². The number of amides is 7. The predicted octanol–water partition coefficient (Wildman–Crippen LogP) is -4.77. The molecule has 1 heterocycles. The number of carbonyl (C=O) groups excluding carboxylic acids is 7. The van der Waals surface area contributed by atoms with E-state index in [1.807, 2.05) is 0 Å². The molecular weight excluding hydrogens is 668 g/mol. The molecule has 0 saturated carbocycles. The third-order valence-corrected chi connectivity index (χ3v) is 8.11. The van der Waals surface area contributed by atoms with E-state index in [0.29, 0.717) is 38.8 Å². The molecule has 20 heteroatoms. The van der Waals surface area contributed by atoms with E-state index in [1.54, 1.807) is 6.92 Å².